The predicted molar refractivity (Wildman–Crippen MR) is 183 cm³/mol. The van der Waals surface area contributed by atoms with Crippen LogP contribution in [0.3, 0.4) is 0 Å². The molecule has 286 valence electrons. The van der Waals surface area contributed by atoms with E-state index < -0.39 is 95.7 Å². The van der Waals surface area contributed by atoms with Crippen molar-refractivity contribution in [2.75, 3.05) is 0 Å². The molecule has 1 aliphatic carbocycles. The Kier molecular flexibility index (Phi) is 11.7. The van der Waals surface area contributed by atoms with Gasteiger partial charge in [0.1, 0.15) is 29.7 Å². The van der Waals surface area contributed by atoms with Gasteiger partial charge in [0.2, 0.25) is 11.7 Å². The number of amides is 2. The first-order valence-corrected chi connectivity index (χ1v) is 16.7. The molecular formula is C38H31F8N7O2. The molecule has 9 nitrogen and oxygen atoms in total. The molecule has 6 rings (SSSR count). The minimum absolute atomic E-state index is 0.0290. The van der Waals surface area contributed by atoms with Crippen LogP contribution >= 0.6 is 0 Å². The van der Waals surface area contributed by atoms with Gasteiger partial charge in [-0.1, -0.05) is 25.8 Å². The summed E-state index contributed by atoms with van der Waals surface area (Å²) >= 11 is 0. The van der Waals surface area contributed by atoms with Gasteiger partial charge < -0.3 is 11.1 Å². The molecule has 0 fully saturated rings. The second-order valence-electron chi connectivity index (χ2n) is 12.2. The van der Waals surface area contributed by atoms with Crippen LogP contribution < -0.4 is 11.1 Å². The fourth-order valence-corrected chi connectivity index (χ4v) is 6.02. The lowest BCUT2D eigenvalue weighted by atomic mass is 9.95. The Morgan fingerprint density at radius 3 is 2.36 bits per heavy atom. The maximum Gasteiger partial charge on any atom is 0.435 e. The third-order valence-electron chi connectivity index (χ3n) is 8.23. The Hall–Kier alpha value is -6.18. The molecule has 17 heteroatoms. The zero-order valence-corrected chi connectivity index (χ0v) is 29.3. The molecular weight excluding hydrogens is 738 g/mol. The highest BCUT2D eigenvalue weighted by Crippen LogP contribution is 2.46. The van der Waals surface area contributed by atoms with Crippen LogP contribution in [0.4, 0.5) is 35.1 Å². The third-order valence-corrected chi connectivity index (χ3v) is 8.23. The standard InChI is InChI=1S/C36H25F8N7O2.C2H6/c1-18-8-19(15-46-14-18)2-5-29-47-16-26(21-3-4-27(39)25(12-21)34(45)53)31(49-29)28(11-20-9-22(37)13-23(38)10-20)48-30(52)17-51-33-24(6-7-35(33,40)41)32(50-51)36(42,43)44;1-2/h3-4,8-10,12-16,28H,6-7,11,17H2,1H3,(H2,45,53)(H,48,52);1-2H3. The Labute approximate surface area is 309 Å². The number of nitrogens with two attached hydrogens (primary N) is 1. The monoisotopic (exact) mass is 769 g/mol. The van der Waals surface area contributed by atoms with Crippen molar-refractivity contribution in [1.82, 2.24) is 30.0 Å². The number of aryl methyl sites for hydroxylation is 1. The molecule has 3 heterocycles. The first-order chi connectivity index (χ1) is 26.0. The van der Waals surface area contributed by atoms with Gasteiger partial charge in [0.25, 0.3) is 11.8 Å². The van der Waals surface area contributed by atoms with E-state index in [0.29, 0.717) is 11.6 Å². The van der Waals surface area contributed by atoms with E-state index >= 15 is 0 Å². The summed E-state index contributed by atoms with van der Waals surface area (Å²) in [5.74, 6) is -3.46. The largest absolute Gasteiger partial charge is 0.435 e. The van der Waals surface area contributed by atoms with Gasteiger partial charge in [0, 0.05) is 47.8 Å². The Balaban J connectivity index is 0.00000285. The summed E-state index contributed by atoms with van der Waals surface area (Å²) in [5.41, 5.74) is 2.77. The van der Waals surface area contributed by atoms with Crippen molar-refractivity contribution in [2.45, 2.75) is 64.7 Å². The Morgan fingerprint density at radius 2 is 1.71 bits per heavy atom. The molecule has 0 bridgehead atoms. The zero-order chi connectivity index (χ0) is 40.2. The van der Waals surface area contributed by atoms with E-state index in [0.717, 1.165) is 29.8 Å². The number of aromatic nitrogens is 5. The lowest BCUT2D eigenvalue weighted by Crippen LogP contribution is -2.35. The Bertz CT molecular complexity index is 2310. The van der Waals surface area contributed by atoms with E-state index in [1.165, 1.54) is 18.5 Å². The smallest absolute Gasteiger partial charge is 0.366 e. The van der Waals surface area contributed by atoms with Gasteiger partial charge in [-0.15, -0.1) is 0 Å². The number of halogens is 8. The summed E-state index contributed by atoms with van der Waals surface area (Å²) in [7, 11) is 0. The molecule has 0 aliphatic heterocycles. The van der Waals surface area contributed by atoms with Crippen molar-refractivity contribution in [3.8, 4) is 23.0 Å². The number of alkyl halides is 5. The number of carbonyl (C=O) groups is 2. The van der Waals surface area contributed by atoms with Gasteiger partial charge in [0.15, 0.2) is 5.69 Å². The number of hydrogen-bond donors (Lipinski definition) is 2. The van der Waals surface area contributed by atoms with Gasteiger partial charge in [-0.05, 0) is 72.7 Å². The average molecular weight is 770 g/mol. The fraction of sp³-hybridized carbons (Fsp3) is 0.263. The van der Waals surface area contributed by atoms with Gasteiger partial charge in [-0.2, -0.15) is 27.1 Å². The van der Waals surface area contributed by atoms with Crippen molar-refractivity contribution in [1.29, 1.82) is 0 Å². The van der Waals surface area contributed by atoms with Crippen LogP contribution in [0.2, 0.25) is 0 Å². The van der Waals surface area contributed by atoms with Crippen molar-refractivity contribution < 1.29 is 44.7 Å². The molecule has 0 saturated carbocycles. The normalized spacial score (nSPS) is 13.5. The molecule has 2 aromatic carbocycles. The number of nitrogens with zero attached hydrogens (tertiary/aromatic N) is 5. The van der Waals surface area contributed by atoms with Crippen LogP contribution in [0.5, 0.6) is 0 Å². The number of nitrogens with one attached hydrogen (secondary N) is 1. The average Bonchev–Trinajstić information content (AvgIpc) is 3.65. The topological polar surface area (TPSA) is 129 Å². The Morgan fingerprint density at radius 1 is 1.00 bits per heavy atom. The van der Waals surface area contributed by atoms with Crippen LogP contribution in [-0.4, -0.2) is 36.5 Å². The fourth-order valence-electron chi connectivity index (χ4n) is 6.02. The first-order valence-electron chi connectivity index (χ1n) is 16.7. The molecule has 3 N–H and O–H groups in total. The molecule has 0 radical (unpaired) electrons. The highest BCUT2D eigenvalue weighted by molar-refractivity contribution is 5.94. The minimum atomic E-state index is -5.09. The van der Waals surface area contributed by atoms with Crippen molar-refractivity contribution in [3.63, 3.8) is 0 Å². The quantitative estimate of drug-likeness (QED) is 0.128. The number of carbonyl (C=O) groups excluding carboxylic acids is 2. The lowest BCUT2D eigenvalue weighted by Gasteiger charge is -2.22. The van der Waals surface area contributed by atoms with Gasteiger partial charge in [-0.25, -0.2) is 23.1 Å². The van der Waals surface area contributed by atoms with Crippen LogP contribution in [0.25, 0.3) is 11.1 Å². The highest BCUT2D eigenvalue weighted by Gasteiger charge is 2.50. The number of pyridine rings is 1. The second-order valence-corrected chi connectivity index (χ2v) is 12.2. The van der Waals surface area contributed by atoms with Crippen molar-refractivity contribution in [3.05, 3.63) is 129 Å². The van der Waals surface area contributed by atoms with Crippen molar-refractivity contribution >= 4 is 11.8 Å². The molecule has 2 amide bonds. The number of primary amides is 1. The molecule has 0 spiro atoms. The van der Waals surface area contributed by atoms with Gasteiger partial charge in [0.05, 0.1) is 17.3 Å². The molecule has 3 aromatic heterocycles. The number of fused-ring (bicyclic) bond motifs is 1. The van der Waals surface area contributed by atoms with Crippen LogP contribution in [0, 0.1) is 36.2 Å². The number of hydrogen-bond acceptors (Lipinski definition) is 6. The van der Waals surface area contributed by atoms with E-state index in [4.69, 9.17) is 5.73 Å². The molecule has 1 atom stereocenters. The first kappa shape index (κ1) is 40.0. The SMILES string of the molecule is CC.Cc1cncc(C#Cc2ncc(-c3ccc(F)c(C(N)=O)c3)c(C(Cc3cc(F)cc(F)c3)NC(=O)Cn3nc(C(F)(F)F)c4c3C(F)(F)CC4)n2)c1. The van der Waals surface area contributed by atoms with Gasteiger partial charge in [-0.3, -0.25) is 19.3 Å². The van der Waals surface area contributed by atoms with E-state index in [1.54, 1.807) is 19.2 Å². The van der Waals surface area contributed by atoms with Crippen molar-refractivity contribution in [2.24, 2.45) is 5.73 Å². The molecule has 1 unspecified atom stereocenters. The molecule has 55 heavy (non-hydrogen) atoms. The molecule has 1 aliphatic rings. The summed E-state index contributed by atoms with van der Waals surface area (Å²) in [6.45, 7) is 4.67. The zero-order valence-electron chi connectivity index (χ0n) is 29.3. The minimum Gasteiger partial charge on any atom is -0.366 e. The highest BCUT2D eigenvalue weighted by atomic mass is 19.4. The van der Waals surface area contributed by atoms with Crippen LogP contribution in [0.1, 0.15) is 81.8 Å². The number of benzene rings is 2. The summed E-state index contributed by atoms with van der Waals surface area (Å²) < 4.78 is 114. The predicted octanol–water partition coefficient (Wildman–Crippen LogP) is 7.14. The van der Waals surface area contributed by atoms with E-state index in [9.17, 15) is 44.7 Å². The summed E-state index contributed by atoms with van der Waals surface area (Å²) in [6.07, 6.45) is -2.76. The maximum absolute atomic E-state index is 14.8. The second kappa shape index (κ2) is 16.0. The summed E-state index contributed by atoms with van der Waals surface area (Å²) in [6, 6.07) is 6.06. The van der Waals surface area contributed by atoms with E-state index in [2.05, 4.69) is 37.2 Å². The third kappa shape index (κ3) is 9.14. The molecule has 5 aromatic rings. The lowest BCUT2D eigenvalue weighted by molar-refractivity contribution is -0.142. The van der Waals surface area contributed by atoms with E-state index in [-0.39, 0.29) is 32.9 Å². The van der Waals surface area contributed by atoms with Crippen LogP contribution in [-0.2, 0) is 36.3 Å². The summed E-state index contributed by atoms with van der Waals surface area (Å²) in [4.78, 5) is 38.4. The molecule has 0 saturated heterocycles. The number of rotatable bonds is 8. The van der Waals surface area contributed by atoms with E-state index in [1.807, 2.05) is 13.8 Å². The maximum atomic E-state index is 14.8. The van der Waals surface area contributed by atoms with Gasteiger partial charge >= 0.3 is 6.18 Å². The van der Waals surface area contributed by atoms with Crippen LogP contribution in [0.15, 0.2) is 61.1 Å². The summed E-state index contributed by atoms with van der Waals surface area (Å²) in [5, 5.41) is 5.84.